The van der Waals surface area contributed by atoms with Crippen LogP contribution in [0.3, 0.4) is 0 Å². The summed E-state index contributed by atoms with van der Waals surface area (Å²) in [6.07, 6.45) is 2.32. The number of hydrogen-bond acceptors (Lipinski definition) is 4. The standard InChI is InChI=1S/C24H33N3O4S/c1-5-19-13-15-21(16-14-19)27(32(4,30)31)18-23(28)26(17-20-11-9-8-10-12-20)22(6-2)24(29)25-7-3/h8-16,22H,5-7,17-18H2,1-4H3,(H,25,29)/t22-/m0/s1. The molecule has 174 valence electrons. The molecule has 0 saturated carbocycles. The molecule has 1 N–H and O–H groups in total. The van der Waals surface area contributed by atoms with Gasteiger partial charge in [-0.15, -0.1) is 0 Å². The topological polar surface area (TPSA) is 86.8 Å². The first-order valence-electron chi connectivity index (χ1n) is 10.9. The predicted octanol–water partition coefficient (Wildman–Crippen LogP) is 2.96. The highest BCUT2D eigenvalue weighted by atomic mass is 32.2. The van der Waals surface area contributed by atoms with E-state index in [0.29, 0.717) is 18.7 Å². The second kappa shape index (κ2) is 11.7. The van der Waals surface area contributed by atoms with Crippen LogP contribution in [0.4, 0.5) is 5.69 Å². The van der Waals surface area contributed by atoms with Crippen LogP contribution in [-0.2, 0) is 32.6 Å². The Balaban J connectivity index is 2.39. The molecule has 0 aliphatic rings. The summed E-state index contributed by atoms with van der Waals surface area (Å²) in [5.74, 6) is -0.686. The predicted molar refractivity (Wildman–Crippen MR) is 128 cm³/mol. The molecule has 2 aromatic rings. The molecule has 0 heterocycles. The van der Waals surface area contributed by atoms with E-state index >= 15 is 0 Å². The Labute approximate surface area is 191 Å². The molecule has 0 radical (unpaired) electrons. The van der Waals surface area contributed by atoms with E-state index in [4.69, 9.17) is 0 Å². The largest absolute Gasteiger partial charge is 0.355 e. The maximum atomic E-state index is 13.4. The van der Waals surface area contributed by atoms with Gasteiger partial charge in [0.2, 0.25) is 21.8 Å². The summed E-state index contributed by atoms with van der Waals surface area (Å²) in [7, 11) is -3.72. The lowest BCUT2D eigenvalue weighted by Gasteiger charge is -2.32. The zero-order valence-electron chi connectivity index (χ0n) is 19.2. The molecule has 0 aliphatic heterocycles. The lowest BCUT2D eigenvalue weighted by atomic mass is 10.1. The third kappa shape index (κ3) is 6.82. The van der Waals surface area contributed by atoms with Crippen LogP contribution in [0.15, 0.2) is 54.6 Å². The maximum Gasteiger partial charge on any atom is 0.244 e. The van der Waals surface area contributed by atoms with Crippen molar-refractivity contribution in [3.63, 3.8) is 0 Å². The minimum absolute atomic E-state index is 0.210. The monoisotopic (exact) mass is 459 g/mol. The smallest absolute Gasteiger partial charge is 0.244 e. The van der Waals surface area contributed by atoms with Crippen LogP contribution in [0.1, 0.15) is 38.3 Å². The van der Waals surface area contributed by atoms with Gasteiger partial charge in [-0.2, -0.15) is 0 Å². The van der Waals surface area contributed by atoms with Crippen LogP contribution < -0.4 is 9.62 Å². The SMILES string of the molecule is CCNC(=O)[C@H](CC)N(Cc1ccccc1)C(=O)CN(c1ccc(CC)cc1)S(C)(=O)=O. The second-order valence-corrected chi connectivity index (χ2v) is 9.52. The van der Waals surface area contributed by atoms with Crippen LogP contribution in [0, 0.1) is 0 Å². The molecule has 0 bridgehead atoms. The Morgan fingerprint density at radius 2 is 1.56 bits per heavy atom. The summed E-state index contributed by atoms with van der Waals surface area (Å²) < 4.78 is 26.2. The van der Waals surface area contributed by atoms with Crippen molar-refractivity contribution in [1.82, 2.24) is 10.2 Å². The Bertz CT molecular complexity index is 992. The average Bonchev–Trinajstić information content (AvgIpc) is 2.77. The number of amides is 2. The average molecular weight is 460 g/mol. The number of anilines is 1. The van der Waals surface area contributed by atoms with Crippen LogP contribution in [0.2, 0.25) is 0 Å². The number of benzene rings is 2. The van der Waals surface area contributed by atoms with Gasteiger partial charge in [-0.1, -0.05) is 56.3 Å². The Morgan fingerprint density at radius 1 is 0.938 bits per heavy atom. The Kier molecular flexibility index (Phi) is 9.26. The molecule has 0 saturated heterocycles. The maximum absolute atomic E-state index is 13.4. The van der Waals surface area contributed by atoms with Crippen molar-refractivity contribution in [2.24, 2.45) is 0 Å². The van der Waals surface area contributed by atoms with Crippen LogP contribution in [0.5, 0.6) is 0 Å². The fourth-order valence-corrected chi connectivity index (χ4v) is 4.35. The third-order valence-electron chi connectivity index (χ3n) is 5.24. The number of carbonyl (C=O) groups is 2. The molecule has 0 aromatic heterocycles. The number of sulfonamides is 1. The Morgan fingerprint density at radius 3 is 2.06 bits per heavy atom. The highest BCUT2D eigenvalue weighted by Crippen LogP contribution is 2.20. The van der Waals surface area contributed by atoms with Gasteiger partial charge < -0.3 is 10.2 Å². The van der Waals surface area contributed by atoms with E-state index < -0.39 is 22.0 Å². The molecule has 7 nitrogen and oxygen atoms in total. The number of nitrogens with zero attached hydrogens (tertiary/aromatic N) is 2. The summed E-state index contributed by atoms with van der Waals surface area (Å²) in [5, 5.41) is 2.78. The first-order valence-corrected chi connectivity index (χ1v) is 12.7. The third-order valence-corrected chi connectivity index (χ3v) is 6.39. The molecule has 2 amide bonds. The van der Waals surface area contributed by atoms with Crippen molar-refractivity contribution in [1.29, 1.82) is 0 Å². The number of hydrogen-bond donors (Lipinski definition) is 1. The molecule has 32 heavy (non-hydrogen) atoms. The van der Waals surface area contributed by atoms with Crippen molar-refractivity contribution < 1.29 is 18.0 Å². The molecule has 0 aliphatic carbocycles. The zero-order chi connectivity index (χ0) is 23.7. The quantitative estimate of drug-likeness (QED) is 0.560. The molecule has 2 aromatic carbocycles. The van der Waals surface area contributed by atoms with Gasteiger partial charge >= 0.3 is 0 Å². The van der Waals surface area contributed by atoms with E-state index in [1.165, 1.54) is 4.90 Å². The van der Waals surface area contributed by atoms with Gasteiger partial charge in [0.05, 0.1) is 11.9 Å². The minimum Gasteiger partial charge on any atom is -0.355 e. The highest BCUT2D eigenvalue weighted by molar-refractivity contribution is 7.92. The van der Waals surface area contributed by atoms with E-state index in [1.807, 2.05) is 63.2 Å². The molecule has 0 fully saturated rings. The van der Waals surface area contributed by atoms with Gasteiger partial charge in [0.1, 0.15) is 12.6 Å². The number of likely N-dealkylation sites (N-methyl/N-ethyl adjacent to an activating group) is 1. The van der Waals surface area contributed by atoms with Crippen LogP contribution in [-0.4, -0.2) is 50.5 Å². The molecule has 0 unspecified atom stereocenters. The first kappa shape index (κ1) is 25.4. The highest BCUT2D eigenvalue weighted by Gasteiger charge is 2.31. The second-order valence-electron chi connectivity index (χ2n) is 7.62. The lowest BCUT2D eigenvalue weighted by Crippen LogP contribution is -2.52. The van der Waals surface area contributed by atoms with Crippen molar-refractivity contribution in [2.45, 2.75) is 46.2 Å². The summed E-state index contributed by atoms with van der Waals surface area (Å²) in [6.45, 7) is 5.94. The van der Waals surface area contributed by atoms with Crippen molar-refractivity contribution in [3.05, 3.63) is 65.7 Å². The lowest BCUT2D eigenvalue weighted by molar-refractivity contribution is -0.140. The number of carbonyl (C=O) groups excluding carboxylic acids is 2. The van der Waals surface area contributed by atoms with Gasteiger partial charge in [0.25, 0.3) is 0 Å². The van der Waals surface area contributed by atoms with Crippen molar-refractivity contribution >= 4 is 27.5 Å². The van der Waals surface area contributed by atoms with E-state index in [1.54, 1.807) is 12.1 Å². The fraction of sp³-hybridized carbons (Fsp3) is 0.417. The number of nitrogens with one attached hydrogen (secondary N) is 1. The van der Waals surface area contributed by atoms with Crippen molar-refractivity contribution in [3.8, 4) is 0 Å². The molecule has 0 spiro atoms. The van der Waals surface area contributed by atoms with Gasteiger partial charge in [-0.3, -0.25) is 13.9 Å². The normalized spacial score (nSPS) is 12.1. The summed E-state index contributed by atoms with van der Waals surface area (Å²) in [6, 6.07) is 15.8. The zero-order valence-corrected chi connectivity index (χ0v) is 20.1. The van der Waals surface area contributed by atoms with Gasteiger partial charge in [-0.05, 0) is 43.0 Å². The van der Waals surface area contributed by atoms with Crippen molar-refractivity contribution in [2.75, 3.05) is 23.7 Å². The van der Waals surface area contributed by atoms with Crippen LogP contribution >= 0.6 is 0 Å². The van der Waals surface area contributed by atoms with Gasteiger partial charge in [0, 0.05) is 13.1 Å². The molecular formula is C24H33N3O4S. The first-order chi connectivity index (χ1) is 15.2. The van der Waals surface area contributed by atoms with E-state index in [-0.39, 0.29) is 19.0 Å². The molecule has 1 atom stereocenters. The van der Waals surface area contributed by atoms with Gasteiger partial charge in [-0.25, -0.2) is 8.42 Å². The molecule has 8 heteroatoms. The molecule has 2 rings (SSSR count). The summed E-state index contributed by atoms with van der Waals surface area (Å²) >= 11 is 0. The van der Waals surface area contributed by atoms with E-state index in [2.05, 4.69) is 5.32 Å². The van der Waals surface area contributed by atoms with Crippen LogP contribution in [0.25, 0.3) is 0 Å². The van der Waals surface area contributed by atoms with Gasteiger partial charge in [0.15, 0.2) is 0 Å². The minimum atomic E-state index is -3.72. The van der Waals surface area contributed by atoms with E-state index in [0.717, 1.165) is 28.1 Å². The number of aryl methyl sites for hydroxylation is 1. The van der Waals surface area contributed by atoms with E-state index in [9.17, 15) is 18.0 Å². The Hall–Kier alpha value is -2.87. The number of rotatable bonds is 11. The fourth-order valence-electron chi connectivity index (χ4n) is 3.50. The molecular weight excluding hydrogens is 426 g/mol. The summed E-state index contributed by atoms with van der Waals surface area (Å²) in [4.78, 5) is 27.6. The summed E-state index contributed by atoms with van der Waals surface area (Å²) in [5.41, 5.74) is 2.35.